The van der Waals surface area contributed by atoms with Gasteiger partial charge in [0.1, 0.15) is 12.4 Å². The number of hydrogen-bond acceptors (Lipinski definition) is 3. The zero-order chi connectivity index (χ0) is 16.9. The summed E-state index contributed by atoms with van der Waals surface area (Å²) in [5.74, 6) is 0.274. The molecule has 120 valence electrons. The van der Waals surface area contributed by atoms with E-state index >= 15 is 0 Å². The maximum absolute atomic E-state index is 12.8. The smallest absolute Gasteiger partial charge is 0.199 e. The number of halogens is 1. The fraction of sp³-hybridized carbons (Fsp3) is 0.0526. The summed E-state index contributed by atoms with van der Waals surface area (Å²) in [5, 5.41) is 4.73. The molecule has 0 radical (unpaired) electrons. The maximum atomic E-state index is 12.8. The molecule has 3 aromatic rings. The molecule has 0 spiro atoms. The topological polar surface area (TPSA) is 44.1 Å². The normalized spacial score (nSPS) is 10.4. The molecular formula is C19H15ClN2O2. The molecule has 5 heteroatoms. The Balaban J connectivity index is 1.93. The highest BCUT2D eigenvalue weighted by Crippen LogP contribution is 2.26. The minimum atomic E-state index is -0.196. The van der Waals surface area contributed by atoms with Crippen LogP contribution in [0.1, 0.15) is 15.9 Å². The van der Waals surface area contributed by atoms with E-state index in [0.717, 1.165) is 5.69 Å². The van der Waals surface area contributed by atoms with E-state index in [1.165, 1.54) is 6.20 Å². The number of ether oxygens (including phenoxy) is 1. The van der Waals surface area contributed by atoms with Gasteiger partial charge in [-0.2, -0.15) is 5.10 Å². The van der Waals surface area contributed by atoms with Crippen molar-refractivity contribution in [2.75, 3.05) is 6.61 Å². The fourth-order valence-electron chi connectivity index (χ4n) is 2.27. The quantitative estimate of drug-likeness (QED) is 0.496. The minimum Gasteiger partial charge on any atom is -0.489 e. The second-order valence-electron chi connectivity index (χ2n) is 5.08. The third-order valence-corrected chi connectivity index (χ3v) is 3.64. The van der Waals surface area contributed by atoms with Gasteiger partial charge in [0.2, 0.25) is 0 Å². The van der Waals surface area contributed by atoms with Crippen molar-refractivity contribution in [3.05, 3.63) is 89.7 Å². The van der Waals surface area contributed by atoms with Gasteiger partial charge in [-0.15, -0.1) is 0 Å². The van der Waals surface area contributed by atoms with E-state index in [1.54, 1.807) is 35.2 Å². The van der Waals surface area contributed by atoms with Crippen molar-refractivity contribution in [3.8, 4) is 11.4 Å². The first-order chi connectivity index (χ1) is 11.7. The second kappa shape index (κ2) is 7.15. The van der Waals surface area contributed by atoms with Crippen LogP contribution in [0.25, 0.3) is 5.69 Å². The lowest BCUT2D eigenvalue weighted by atomic mass is 10.1. The number of benzene rings is 2. The van der Waals surface area contributed by atoms with Gasteiger partial charge in [0.05, 0.1) is 23.0 Å². The van der Waals surface area contributed by atoms with Gasteiger partial charge in [-0.05, 0) is 30.3 Å². The summed E-state index contributed by atoms with van der Waals surface area (Å²) in [5.41, 5.74) is 1.74. The van der Waals surface area contributed by atoms with Gasteiger partial charge in [-0.25, -0.2) is 4.68 Å². The van der Waals surface area contributed by atoms with Crippen molar-refractivity contribution in [1.82, 2.24) is 9.78 Å². The molecule has 0 aliphatic rings. The summed E-state index contributed by atoms with van der Waals surface area (Å²) in [6.07, 6.45) is 4.85. The summed E-state index contributed by atoms with van der Waals surface area (Å²) in [6.45, 7) is 3.92. The molecule has 0 fully saturated rings. The number of ketones is 1. The Morgan fingerprint density at radius 1 is 1.25 bits per heavy atom. The van der Waals surface area contributed by atoms with Gasteiger partial charge in [0, 0.05) is 11.2 Å². The van der Waals surface area contributed by atoms with Gasteiger partial charge in [0.25, 0.3) is 0 Å². The lowest BCUT2D eigenvalue weighted by Crippen LogP contribution is -2.05. The van der Waals surface area contributed by atoms with E-state index < -0.39 is 0 Å². The van der Waals surface area contributed by atoms with E-state index in [0.29, 0.717) is 28.5 Å². The highest BCUT2D eigenvalue weighted by Gasteiger charge is 2.17. The summed E-state index contributed by atoms with van der Waals surface area (Å²) in [4.78, 5) is 12.8. The zero-order valence-electron chi connectivity index (χ0n) is 12.9. The number of nitrogens with zero attached hydrogens (tertiary/aromatic N) is 2. The Bertz CT molecular complexity index is 872. The van der Waals surface area contributed by atoms with Crippen LogP contribution >= 0.6 is 11.6 Å². The molecule has 0 saturated carbocycles. The molecule has 0 saturated heterocycles. The van der Waals surface area contributed by atoms with E-state index in [1.807, 2.05) is 30.3 Å². The third kappa shape index (κ3) is 3.39. The average Bonchev–Trinajstić information content (AvgIpc) is 3.11. The standard InChI is InChI=1S/C19H15ClN2O2/c1-2-10-24-18-9-8-15(20)11-17(18)19(23)14-12-21-22(13-14)16-6-4-3-5-7-16/h2-9,11-13H,1,10H2. The van der Waals surface area contributed by atoms with Gasteiger partial charge < -0.3 is 4.74 Å². The van der Waals surface area contributed by atoms with E-state index in [9.17, 15) is 4.79 Å². The number of carbonyl (C=O) groups excluding carboxylic acids is 1. The molecule has 0 amide bonds. The molecule has 0 bridgehead atoms. The first kappa shape index (κ1) is 16.0. The molecule has 0 aliphatic carbocycles. The predicted octanol–water partition coefficient (Wildman–Crippen LogP) is 4.32. The van der Waals surface area contributed by atoms with Crippen LogP contribution in [0.3, 0.4) is 0 Å². The van der Waals surface area contributed by atoms with Crippen LogP contribution in [0.15, 0.2) is 73.6 Å². The summed E-state index contributed by atoms with van der Waals surface area (Å²) in [7, 11) is 0. The molecular weight excluding hydrogens is 324 g/mol. The fourth-order valence-corrected chi connectivity index (χ4v) is 2.44. The Morgan fingerprint density at radius 2 is 2.04 bits per heavy atom. The number of hydrogen-bond donors (Lipinski definition) is 0. The van der Waals surface area contributed by atoms with Crippen LogP contribution in [0, 0.1) is 0 Å². The molecule has 4 nitrogen and oxygen atoms in total. The Morgan fingerprint density at radius 3 is 2.79 bits per heavy atom. The average molecular weight is 339 g/mol. The summed E-state index contributed by atoms with van der Waals surface area (Å²) >= 11 is 6.03. The highest BCUT2D eigenvalue weighted by atomic mass is 35.5. The monoisotopic (exact) mass is 338 g/mol. The van der Waals surface area contributed by atoms with Gasteiger partial charge >= 0.3 is 0 Å². The lowest BCUT2D eigenvalue weighted by molar-refractivity contribution is 0.103. The van der Waals surface area contributed by atoms with Crippen LogP contribution in [-0.2, 0) is 0 Å². The molecule has 0 aliphatic heterocycles. The van der Waals surface area contributed by atoms with Gasteiger partial charge in [0.15, 0.2) is 5.78 Å². The molecule has 1 heterocycles. The predicted molar refractivity (Wildman–Crippen MR) is 94.1 cm³/mol. The molecule has 1 aromatic heterocycles. The number of rotatable bonds is 6. The molecule has 0 unspecified atom stereocenters. The van der Waals surface area contributed by atoms with Crippen molar-refractivity contribution in [2.24, 2.45) is 0 Å². The largest absolute Gasteiger partial charge is 0.489 e. The first-order valence-corrected chi connectivity index (χ1v) is 7.75. The number of aromatic nitrogens is 2. The minimum absolute atomic E-state index is 0.196. The Labute approximate surface area is 145 Å². The highest BCUT2D eigenvalue weighted by molar-refractivity contribution is 6.31. The Kier molecular flexibility index (Phi) is 4.77. The van der Waals surface area contributed by atoms with Crippen LogP contribution < -0.4 is 4.74 Å². The SMILES string of the molecule is C=CCOc1ccc(Cl)cc1C(=O)c1cnn(-c2ccccc2)c1. The van der Waals surface area contributed by atoms with Crippen LogP contribution in [-0.4, -0.2) is 22.2 Å². The van der Waals surface area contributed by atoms with E-state index in [-0.39, 0.29) is 5.78 Å². The van der Waals surface area contributed by atoms with Crippen molar-refractivity contribution < 1.29 is 9.53 Å². The van der Waals surface area contributed by atoms with E-state index in [4.69, 9.17) is 16.3 Å². The van der Waals surface area contributed by atoms with Crippen LogP contribution in [0.4, 0.5) is 0 Å². The zero-order valence-corrected chi connectivity index (χ0v) is 13.6. The summed E-state index contributed by atoms with van der Waals surface area (Å²) < 4.78 is 7.21. The van der Waals surface area contributed by atoms with Crippen molar-refractivity contribution in [1.29, 1.82) is 0 Å². The Hall–Kier alpha value is -2.85. The first-order valence-electron chi connectivity index (χ1n) is 7.37. The molecule has 3 rings (SSSR count). The molecule has 0 atom stereocenters. The molecule has 0 N–H and O–H groups in total. The molecule has 2 aromatic carbocycles. The van der Waals surface area contributed by atoms with Crippen molar-refractivity contribution in [2.45, 2.75) is 0 Å². The number of para-hydroxylation sites is 1. The number of carbonyl (C=O) groups is 1. The van der Waals surface area contributed by atoms with Crippen molar-refractivity contribution >= 4 is 17.4 Å². The van der Waals surface area contributed by atoms with Crippen LogP contribution in [0.2, 0.25) is 5.02 Å². The second-order valence-corrected chi connectivity index (χ2v) is 5.51. The lowest BCUT2D eigenvalue weighted by Gasteiger charge is -2.09. The maximum Gasteiger partial charge on any atom is 0.199 e. The third-order valence-electron chi connectivity index (χ3n) is 3.41. The molecule has 24 heavy (non-hydrogen) atoms. The van der Waals surface area contributed by atoms with Crippen molar-refractivity contribution in [3.63, 3.8) is 0 Å². The van der Waals surface area contributed by atoms with Gasteiger partial charge in [-0.3, -0.25) is 4.79 Å². The van der Waals surface area contributed by atoms with Gasteiger partial charge in [-0.1, -0.05) is 42.5 Å². The summed E-state index contributed by atoms with van der Waals surface area (Å²) in [6, 6.07) is 14.5. The van der Waals surface area contributed by atoms with Crippen LogP contribution in [0.5, 0.6) is 5.75 Å². The van der Waals surface area contributed by atoms with E-state index in [2.05, 4.69) is 11.7 Å².